The van der Waals surface area contributed by atoms with Gasteiger partial charge >= 0.3 is 5.97 Å². The number of anilines is 1. The van der Waals surface area contributed by atoms with Crippen LogP contribution in [0.4, 0.5) is 5.82 Å². The first kappa shape index (κ1) is 21.7. The van der Waals surface area contributed by atoms with Crippen LogP contribution in [-0.4, -0.2) is 46.3 Å². The Hall–Kier alpha value is -2.51. The summed E-state index contributed by atoms with van der Waals surface area (Å²) >= 11 is 0. The van der Waals surface area contributed by atoms with Gasteiger partial charge in [-0.3, -0.25) is 9.78 Å². The molecule has 1 atom stereocenters. The molecule has 3 heterocycles. The fourth-order valence-corrected chi connectivity index (χ4v) is 4.32. The Morgan fingerprint density at radius 2 is 2.23 bits per heavy atom. The molecule has 0 saturated heterocycles. The number of nitrogens with zero attached hydrogens (tertiary/aromatic N) is 2. The van der Waals surface area contributed by atoms with Gasteiger partial charge in [0.05, 0.1) is 6.10 Å². The first-order chi connectivity index (χ1) is 15.2. The average molecular weight is 425 g/mol. The highest BCUT2D eigenvalue weighted by Crippen LogP contribution is 2.34. The van der Waals surface area contributed by atoms with Crippen molar-refractivity contribution in [2.24, 2.45) is 5.92 Å². The molecule has 166 valence electrons. The Bertz CT molecular complexity index is 855. The zero-order valence-corrected chi connectivity index (χ0v) is 17.9. The van der Waals surface area contributed by atoms with Crippen LogP contribution in [0.2, 0.25) is 0 Å². The predicted molar refractivity (Wildman–Crippen MR) is 119 cm³/mol. The number of ether oxygens (including phenoxy) is 1. The number of carboxylic acid groups (broad SMARTS) is 1. The van der Waals surface area contributed by atoms with E-state index in [1.807, 2.05) is 12.1 Å². The second kappa shape index (κ2) is 10.7. The SMILES string of the molecule is O=C(O)C(CCO[C@H]1C[C@H](CCc2ccc3c(n2)NCCC3)C1)NCc1cccnc1. The summed E-state index contributed by atoms with van der Waals surface area (Å²) in [4.78, 5) is 20.3. The van der Waals surface area contributed by atoms with Crippen LogP contribution in [0.3, 0.4) is 0 Å². The van der Waals surface area contributed by atoms with Crippen molar-refractivity contribution < 1.29 is 14.6 Å². The van der Waals surface area contributed by atoms with Gasteiger partial charge in [-0.05, 0) is 74.1 Å². The molecule has 1 aliphatic carbocycles. The fourth-order valence-electron chi connectivity index (χ4n) is 4.32. The predicted octanol–water partition coefficient (Wildman–Crippen LogP) is 3.20. The third-order valence-electron chi connectivity index (χ3n) is 6.29. The monoisotopic (exact) mass is 424 g/mol. The largest absolute Gasteiger partial charge is 0.480 e. The number of rotatable bonds is 11. The van der Waals surface area contributed by atoms with Crippen LogP contribution in [0.1, 0.15) is 48.9 Å². The molecule has 7 nitrogen and oxygen atoms in total. The topological polar surface area (TPSA) is 96.4 Å². The van der Waals surface area contributed by atoms with E-state index in [0.29, 0.717) is 25.5 Å². The van der Waals surface area contributed by atoms with E-state index in [2.05, 4.69) is 27.8 Å². The number of nitrogens with one attached hydrogen (secondary N) is 2. The fraction of sp³-hybridized carbons (Fsp3) is 0.542. The molecule has 4 rings (SSSR count). The second-order valence-electron chi connectivity index (χ2n) is 8.63. The van der Waals surface area contributed by atoms with E-state index in [4.69, 9.17) is 9.72 Å². The van der Waals surface area contributed by atoms with Crippen LogP contribution in [0.15, 0.2) is 36.7 Å². The number of pyridine rings is 2. The molecular formula is C24H32N4O3. The van der Waals surface area contributed by atoms with E-state index in [1.165, 1.54) is 17.7 Å². The van der Waals surface area contributed by atoms with E-state index >= 15 is 0 Å². The van der Waals surface area contributed by atoms with Gasteiger partial charge in [0.15, 0.2) is 0 Å². The van der Waals surface area contributed by atoms with Gasteiger partial charge in [-0.1, -0.05) is 12.1 Å². The number of aromatic nitrogens is 2. The molecule has 0 spiro atoms. The summed E-state index contributed by atoms with van der Waals surface area (Å²) < 4.78 is 5.93. The standard InChI is InChI=1S/C24H32N4O3/c29-24(30)22(27-16-18-3-1-10-25-15-18)9-12-31-21-13-17(14-21)5-7-20-8-6-19-4-2-11-26-23(19)28-20/h1,3,6,8,10,15,17,21-22,27H,2,4-5,7,9,11-14,16H2,(H,26,28)(H,29,30)/t17-,21-,22?. The molecule has 1 saturated carbocycles. The lowest BCUT2D eigenvalue weighted by Gasteiger charge is -2.35. The lowest BCUT2D eigenvalue weighted by Crippen LogP contribution is -2.38. The van der Waals surface area contributed by atoms with E-state index in [1.54, 1.807) is 12.4 Å². The molecule has 2 aromatic rings. The Labute approximate surface area is 183 Å². The third kappa shape index (κ3) is 6.24. The molecule has 1 unspecified atom stereocenters. The molecule has 2 aliphatic rings. The first-order valence-electron chi connectivity index (χ1n) is 11.4. The number of carbonyl (C=O) groups is 1. The smallest absolute Gasteiger partial charge is 0.320 e. The Balaban J connectivity index is 1.11. The highest BCUT2D eigenvalue weighted by atomic mass is 16.5. The molecule has 2 aromatic heterocycles. The minimum Gasteiger partial charge on any atom is -0.480 e. The van der Waals surface area contributed by atoms with Crippen molar-refractivity contribution >= 4 is 11.8 Å². The summed E-state index contributed by atoms with van der Waals surface area (Å²) in [6.45, 7) is 1.97. The van der Waals surface area contributed by atoms with Crippen LogP contribution >= 0.6 is 0 Å². The summed E-state index contributed by atoms with van der Waals surface area (Å²) in [5, 5.41) is 15.9. The summed E-state index contributed by atoms with van der Waals surface area (Å²) in [6.07, 6.45) is 10.7. The molecule has 1 aliphatic heterocycles. The van der Waals surface area contributed by atoms with Crippen LogP contribution in [-0.2, 0) is 28.9 Å². The maximum atomic E-state index is 11.5. The maximum Gasteiger partial charge on any atom is 0.320 e. The highest BCUT2D eigenvalue weighted by molar-refractivity contribution is 5.73. The van der Waals surface area contributed by atoms with Crippen molar-refractivity contribution in [2.45, 2.75) is 63.6 Å². The first-order valence-corrected chi connectivity index (χ1v) is 11.4. The van der Waals surface area contributed by atoms with Crippen LogP contribution in [0.5, 0.6) is 0 Å². The maximum absolute atomic E-state index is 11.5. The van der Waals surface area contributed by atoms with Crippen molar-refractivity contribution in [1.29, 1.82) is 0 Å². The van der Waals surface area contributed by atoms with Crippen molar-refractivity contribution in [3.05, 3.63) is 53.5 Å². The summed E-state index contributed by atoms with van der Waals surface area (Å²) in [7, 11) is 0. The van der Waals surface area contributed by atoms with Crippen LogP contribution in [0.25, 0.3) is 0 Å². The van der Waals surface area contributed by atoms with E-state index in [0.717, 1.165) is 50.0 Å². The number of aliphatic carboxylic acids is 1. The molecular weight excluding hydrogens is 392 g/mol. The molecule has 0 amide bonds. The van der Waals surface area contributed by atoms with Gasteiger partial charge in [0, 0.05) is 37.8 Å². The number of carboxylic acids is 1. The lowest BCUT2D eigenvalue weighted by atomic mass is 9.79. The molecule has 1 fully saturated rings. The van der Waals surface area contributed by atoms with Gasteiger partial charge in [0.1, 0.15) is 11.9 Å². The molecule has 0 aromatic carbocycles. The van der Waals surface area contributed by atoms with Crippen LogP contribution < -0.4 is 10.6 Å². The molecule has 7 heteroatoms. The minimum atomic E-state index is -0.842. The lowest BCUT2D eigenvalue weighted by molar-refractivity contribution is -0.140. The second-order valence-corrected chi connectivity index (χ2v) is 8.63. The summed E-state index contributed by atoms with van der Waals surface area (Å²) in [5.74, 6) is 0.907. The van der Waals surface area contributed by atoms with E-state index in [-0.39, 0.29) is 6.10 Å². The molecule has 0 bridgehead atoms. The molecule has 0 radical (unpaired) electrons. The van der Waals surface area contributed by atoms with Gasteiger partial charge in [0.25, 0.3) is 0 Å². The quantitative estimate of drug-likeness (QED) is 0.510. The Morgan fingerprint density at radius 3 is 3.03 bits per heavy atom. The Kier molecular flexibility index (Phi) is 7.48. The normalized spacial score (nSPS) is 20.9. The molecule has 31 heavy (non-hydrogen) atoms. The zero-order chi connectivity index (χ0) is 21.5. The van der Waals surface area contributed by atoms with Crippen molar-refractivity contribution in [3.63, 3.8) is 0 Å². The molecule has 3 N–H and O–H groups in total. The van der Waals surface area contributed by atoms with E-state index in [9.17, 15) is 9.90 Å². The summed E-state index contributed by atoms with van der Waals surface area (Å²) in [6, 6.07) is 7.56. The van der Waals surface area contributed by atoms with Gasteiger partial charge < -0.3 is 20.5 Å². The van der Waals surface area contributed by atoms with Gasteiger partial charge in [-0.2, -0.15) is 0 Å². The number of hydrogen-bond acceptors (Lipinski definition) is 6. The van der Waals surface area contributed by atoms with Gasteiger partial charge in [-0.25, -0.2) is 4.98 Å². The average Bonchev–Trinajstić information content (AvgIpc) is 2.77. The minimum absolute atomic E-state index is 0.260. The number of fused-ring (bicyclic) bond motifs is 1. The van der Waals surface area contributed by atoms with Crippen LogP contribution in [0, 0.1) is 5.92 Å². The highest BCUT2D eigenvalue weighted by Gasteiger charge is 2.30. The third-order valence-corrected chi connectivity index (χ3v) is 6.29. The van der Waals surface area contributed by atoms with Gasteiger partial charge in [0.2, 0.25) is 0 Å². The van der Waals surface area contributed by atoms with Crippen molar-refractivity contribution in [3.8, 4) is 0 Å². The Morgan fingerprint density at radius 1 is 1.32 bits per heavy atom. The number of hydrogen-bond donors (Lipinski definition) is 3. The van der Waals surface area contributed by atoms with Crippen molar-refractivity contribution in [2.75, 3.05) is 18.5 Å². The summed E-state index contributed by atoms with van der Waals surface area (Å²) in [5.41, 5.74) is 3.48. The zero-order valence-electron chi connectivity index (χ0n) is 17.9. The van der Waals surface area contributed by atoms with Gasteiger partial charge in [-0.15, -0.1) is 0 Å². The number of aryl methyl sites for hydroxylation is 2. The van der Waals surface area contributed by atoms with E-state index < -0.39 is 12.0 Å². The van der Waals surface area contributed by atoms with Crippen molar-refractivity contribution in [1.82, 2.24) is 15.3 Å².